The molecule has 1 aliphatic rings. The minimum Gasteiger partial charge on any atom is -0.352 e. The highest BCUT2D eigenvalue weighted by atomic mass is 16.2. The third-order valence-electron chi connectivity index (χ3n) is 2.66. The number of imide groups is 1. The molecule has 2 N–H and O–H groups in total. The van der Waals surface area contributed by atoms with Gasteiger partial charge >= 0.3 is 0 Å². The maximum atomic E-state index is 11.7. The molecule has 4 amide bonds. The molecule has 110 valence electrons. The van der Waals surface area contributed by atoms with E-state index in [4.69, 9.17) is 0 Å². The molecule has 1 aliphatic heterocycles. The molecule has 1 heterocycles. The average molecular weight is 281 g/mol. The van der Waals surface area contributed by atoms with Gasteiger partial charge in [-0.1, -0.05) is 0 Å². The monoisotopic (exact) mass is 281 g/mol. The Kier molecular flexibility index (Phi) is 5.42. The van der Waals surface area contributed by atoms with Gasteiger partial charge < -0.3 is 10.6 Å². The van der Waals surface area contributed by atoms with Crippen molar-refractivity contribution in [3.05, 3.63) is 12.2 Å². The Morgan fingerprint density at radius 3 is 2.15 bits per heavy atom. The van der Waals surface area contributed by atoms with Gasteiger partial charge in [0, 0.05) is 31.2 Å². The van der Waals surface area contributed by atoms with Gasteiger partial charge in [-0.15, -0.1) is 0 Å². The maximum Gasteiger partial charge on any atom is 0.253 e. The van der Waals surface area contributed by atoms with E-state index in [1.807, 2.05) is 13.8 Å². The summed E-state index contributed by atoms with van der Waals surface area (Å²) in [4.78, 5) is 46.8. The summed E-state index contributed by atoms with van der Waals surface area (Å²) in [5.74, 6) is -1.51. The molecule has 7 heteroatoms. The smallest absolute Gasteiger partial charge is 0.253 e. The number of nitrogens with zero attached hydrogens (tertiary/aromatic N) is 1. The Hall–Kier alpha value is -2.18. The van der Waals surface area contributed by atoms with Crippen LogP contribution in [0.2, 0.25) is 0 Å². The molecule has 7 nitrogen and oxygen atoms in total. The number of nitrogens with one attached hydrogen (secondary N) is 2. The molecule has 0 fully saturated rings. The fraction of sp³-hybridized carbons (Fsp3) is 0.538. The Morgan fingerprint density at radius 2 is 1.65 bits per heavy atom. The topological polar surface area (TPSA) is 95.6 Å². The molecule has 0 saturated heterocycles. The fourth-order valence-electron chi connectivity index (χ4n) is 1.65. The van der Waals surface area contributed by atoms with Gasteiger partial charge in [0.1, 0.15) is 6.04 Å². The second-order valence-electron chi connectivity index (χ2n) is 4.86. The zero-order valence-electron chi connectivity index (χ0n) is 11.8. The van der Waals surface area contributed by atoms with Crippen LogP contribution < -0.4 is 10.6 Å². The van der Waals surface area contributed by atoms with Gasteiger partial charge in [-0.2, -0.15) is 0 Å². The summed E-state index contributed by atoms with van der Waals surface area (Å²) in [7, 11) is 0. The van der Waals surface area contributed by atoms with Gasteiger partial charge in [0.05, 0.1) is 0 Å². The van der Waals surface area contributed by atoms with Crippen molar-refractivity contribution in [2.24, 2.45) is 0 Å². The molecule has 1 rings (SSSR count). The molecule has 0 aliphatic carbocycles. The van der Waals surface area contributed by atoms with E-state index >= 15 is 0 Å². The number of hydrogen-bond donors (Lipinski definition) is 2. The lowest BCUT2D eigenvalue weighted by molar-refractivity contribution is -0.137. The van der Waals surface area contributed by atoms with Crippen molar-refractivity contribution in [1.82, 2.24) is 15.5 Å². The Bertz CT molecular complexity index is 439. The van der Waals surface area contributed by atoms with Crippen LogP contribution in [0.4, 0.5) is 0 Å². The highest BCUT2D eigenvalue weighted by Crippen LogP contribution is 2.04. The summed E-state index contributed by atoms with van der Waals surface area (Å²) in [5, 5.41) is 5.19. The summed E-state index contributed by atoms with van der Waals surface area (Å²) in [6.07, 6.45) is 2.30. The van der Waals surface area contributed by atoms with Gasteiger partial charge in [-0.25, -0.2) is 0 Å². The molecular formula is C13H19N3O4. The van der Waals surface area contributed by atoms with E-state index in [0.29, 0.717) is 0 Å². The van der Waals surface area contributed by atoms with Crippen molar-refractivity contribution in [3.8, 4) is 0 Å². The summed E-state index contributed by atoms with van der Waals surface area (Å²) in [5.41, 5.74) is 0. The van der Waals surface area contributed by atoms with Crippen LogP contribution in [0.3, 0.4) is 0 Å². The predicted molar refractivity (Wildman–Crippen MR) is 71.4 cm³/mol. The normalized spacial score (nSPS) is 15.7. The van der Waals surface area contributed by atoms with Crippen LogP contribution in [-0.2, 0) is 19.2 Å². The van der Waals surface area contributed by atoms with Crippen LogP contribution in [0.5, 0.6) is 0 Å². The average Bonchev–Trinajstić information content (AvgIpc) is 2.65. The van der Waals surface area contributed by atoms with E-state index in [2.05, 4.69) is 10.6 Å². The minimum atomic E-state index is -0.659. The Morgan fingerprint density at radius 1 is 1.10 bits per heavy atom. The summed E-state index contributed by atoms with van der Waals surface area (Å²) in [6, 6.07) is -0.666. The van der Waals surface area contributed by atoms with Gasteiger partial charge in [-0.05, 0) is 20.8 Å². The molecule has 0 aromatic rings. The zero-order valence-corrected chi connectivity index (χ0v) is 11.8. The molecule has 0 aromatic carbocycles. The molecule has 1 atom stereocenters. The molecular weight excluding hydrogens is 262 g/mol. The SMILES string of the molecule is CC(C)NC(=O)C(C)NC(=O)CCN1C(=O)C=CC1=O. The maximum absolute atomic E-state index is 11.7. The molecule has 0 saturated carbocycles. The van der Waals surface area contributed by atoms with Crippen LogP contribution in [0.1, 0.15) is 27.2 Å². The molecule has 0 aromatic heterocycles. The highest BCUT2D eigenvalue weighted by Gasteiger charge is 2.24. The van der Waals surface area contributed by atoms with E-state index < -0.39 is 17.9 Å². The third-order valence-corrected chi connectivity index (χ3v) is 2.66. The van der Waals surface area contributed by atoms with E-state index in [-0.39, 0.29) is 30.8 Å². The zero-order chi connectivity index (χ0) is 15.3. The van der Waals surface area contributed by atoms with Gasteiger partial charge in [0.2, 0.25) is 11.8 Å². The third kappa shape index (κ3) is 4.49. The van der Waals surface area contributed by atoms with E-state index in [1.165, 1.54) is 12.2 Å². The lowest BCUT2D eigenvalue weighted by Gasteiger charge is -2.17. The fourth-order valence-corrected chi connectivity index (χ4v) is 1.65. The number of hydrogen-bond acceptors (Lipinski definition) is 4. The molecule has 0 bridgehead atoms. The van der Waals surface area contributed by atoms with Crippen LogP contribution in [-0.4, -0.2) is 47.2 Å². The van der Waals surface area contributed by atoms with E-state index in [0.717, 1.165) is 4.90 Å². The quantitative estimate of drug-likeness (QED) is 0.631. The molecule has 20 heavy (non-hydrogen) atoms. The Balaban J connectivity index is 2.35. The highest BCUT2D eigenvalue weighted by molar-refractivity contribution is 6.13. The van der Waals surface area contributed by atoms with Crippen molar-refractivity contribution in [3.63, 3.8) is 0 Å². The lowest BCUT2D eigenvalue weighted by atomic mass is 10.2. The van der Waals surface area contributed by atoms with Crippen LogP contribution in [0.15, 0.2) is 12.2 Å². The van der Waals surface area contributed by atoms with Crippen molar-refractivity contribution in [2.45, 2.75) is 39.3 Å². The molecule has 1 unspecified atom stereocenters. The molecule has 0 spiro atoms. The number of carbonyl (C=O) groups excluding carboxylic acids is 4. The predicted octanol–water partition coefficient (Wildman–Crippen LogP) is -0.669. The standard InChI is InChI=1S/C13H19N3O4/c1-8(2)14-13(20)9(3)15-10(17)6-7-16-11(18)4-5-12(16)19/h4-5,8-9H,6-7H2,1-3H3,(H,14,20)(H,15,17). The van der Waals surface area contributed by atoms with Gasteiger partial charge in [-0.3, -0.25) is 24.1 Å². The van der Waals surface area contributed by atoms with E-state index in [1.54, 1.807) is 6.92 Å². The first-order chi connectivity index (χ1) is 9.31. The van der Waals surface area contributed by atoms with Crippen molar-refractivity contribution in [2.75, 3.05) is 6.54 Å². The largest absolute Gasteiger partial charge is 0.352 e. The summed E-state index contributed by atoms with van der Waals surface area (Å²) >= 11 is 0. The van der Waals surface area contributed by atoms with Crippen LogP contribution >= 0.6 is 0 Å². The Labute approximate surface area is 117 Å². The second kappa shape index (κ2) is 6.83. The van der Waals surface area contributed by atoms with E-state index in [9.17, 15) is 19.2 Å². The van der Waals surface area contributed by atoms with Gasteiger partial charge in [0.25, 0.3) is 11.8 Å². The van der Waals surface area contributed by atoms with Crippen molar-refractivity contribution in [1.29, 1.82) is 0 Å². The second-order valence-corrected chi connectivity index (χ2v) is 4.86. The van der Waals surface area contributed by atoms with Crippen molar-refractivity contribution < 1.29 is 19.2 Å². The first kappa shape index (κ1) is 15.9. The lowest BCUT2D eigenvalue weighted by Crippen LogP contribution is -2.47. The first-order valence-corrected chi connectivity index (χ1v) is 6.44. The molecule has 0 radical (unpaired) electrons. The van der Waals surface area contributed by atoms with Crippen molar-refractivity contribution >= 4 is 23.6 Å². The van der Waals surface area contributed by atoms with Gasteiger partial charge in [0.15, 0.2) is 0 Å². The van der Waals surface area contributed by atoms with Crippen LogP contribution in [0.25, 0.3) is 0 Å². The minimum absolute atomic E-state index is 0.00670. The summed E-state index contributed by atoms with van der Waals surface area (Å²) < 4.78 is 0. The number of carbonyl (C=O) groups is 4. The summed E-state index contributed by atoms with van der Waals surface area (Å²) in [6.45, 7) is 5.23. The number of amides is 4. The number of rotatable bonds is 6. The first-order valence-electron chi connectivity index (χ1n) is 6.44. The van der Waals surface area contributed by atoms with Crippen LogP contribution in [0, 0.1) is 0 Å².